The summed E-state index contributed by atoms with van der Waals surface area (Å²) in [4.78, 5) is 23.5. The van der Waals surface area contributed by atoms with E-state index in [1.807, 2.05) is 55.1 Å². The lowest BCUT2D eigenvalue weighted by Gasteiger charge is -2.22. The molecule has 8 aromatic heterocycles. The molecule has 9 aromatic carbocycles. The summed E-state index contributed by atoms with van der Waals surface area (Å²) < 4.78 is 6.88. The van der Waals surface area contributed by atoms with Crippen LogP contribution in [0, 0.1) is 0 Å². The molecule has 8 nitrogen and oxygen atoms in total. The van der Waals surface area contributed by atoms with Crippen molar-refractivity contribution in [1.29, 1.82) is 0 Å². The van der Waals surface area contributed by atoms with Crippen LogP contribution < -0.4 is 0 Å². The second-order valence-corrected chi connectivity index (χ2v) is 32.7. The largest absolute Gasteiger partial charge is 0.294 e. The molecule has 0 fully saturated rings. The van der Waals surface area contributed by atoms with Gasteiger partial charge in [-0.1, -0.05) is 316 Å². The Bertz CT molecular complexity index is 5510. The maximum atomic E-state index is 5.36. The smallest absolute Gasteiger partial charge is 0.140 e. The molecule has 0 aliphatic heterocycles. The maximum Gasteiger partial charge on any atom is 0.140 e. The Labute approximate surface area is 632 Å². The second kappa shape index (κ2) is 30.7. The first-order valence-electron chi connectivity index (χ1n) is 37.3. The highest BCUT2D eigenvalue weighted by Gasteiger charge is 2.24. The van der Waals surface area contributed by atoms with Gasteiger partial charge in [-0.3, -0.25) is 23.7 Å². The Morgan fingerprint density at radius 3 is 0.785 bits per heavy atom. The van der Waals surface area contributed by atoms with Crippen molar-refractivity contribution in [1.82, 2.24) is 38.6 Å². The van der Waals surface area contributed by atoms with Gasteiger partial charge in [0.15, 0.2) is 0 Å². The molecule has 107 heavy (non-hydrogen) atoms. The van der Waals surface area contributed by atoms with E-state index >= 15 is 0 Å². The standard InChI is InChI=1S/C33H27N3.C21H20N2.C21H21N.C15H17N.C9H13N/c1-33(2,3)22-20-31(35-27-16-8-4-12-23(27)24-13-5-9-17-28(24)35)34-32(21-22)36-29-18-10-6-14-25(29)26-15-7-11-19-30(26)36;1-21(2,3)15-12-13-20(22-14-15)23-18-10-6-4-8-16(18)17-9-5-7-11-19(17)23;1-21(2,3)18-14-19(16-10-6-4-7-11-16)22-20(15-18)17-12-8-5-9-13-17;1-15(2,3)13-9-10-14(16-11-13)12-7-5-4-6-8-12;1-9(2,3)8-4-6-10-7-5-8/h4-21H,1-3H3;4-14H,1-3H3;4-15H,1-3H3;4-11H,1-3H3;4-7H,1-3H3. The number of benzene rings is 9. The van der Waals surface area contributed by atoms with E-state index in [2.05, 4.69) is 394 Å². The number of fused-ring (bicyclic) bond motifs is 9. The molecule has 0 unspecified atom stereocenters. The van der Waals surface area contributed by atoms with Gasteiger partial charge in [-0.15, -0.1) is 0 Å². The first-order valence-corrected chi connectivity index (χ1v) is 37.3. The van der Waals surface area contributed by atoms with Crippen molar-refractivity contribution in [3.05, 3.63) is 350 Å². The molecule has 534 valence electrons. The predicted octanol–water partition coefficient (Wildman–Crippen LogP) is 26.2. The zero-order chi connectivity index (χ0) is 75.3. The number of aromatic nitrogens is 8. The van der Waals surface area contributed by atoms with Crippen LogP contribution in [0.25, 0.3) is 117 Å². The first kappa shape index (κ1) is 73.4. The number of pyridine rings is 5. The van der Waals surface area contributed by atoms with Gasteiger partial charge in [0.1, 0.15) is 17.5 Å². The molecule has 0 amide bonds. The van der Waals surface area contributed by atoms with Crippen molar-refractivity contribution in [2.24, 2.45) is 0 Å². The summed E-state index contributed by atoms with van der Waals surface area (Å²) >= 11 is 0. The average molecular weight is 1400 g/mol. The zero-order valence-corrected chi connectivity index (χ0v) is 64.7. The topological polar surface area (TPSA) is 79.2 Å². The van der Waals surface area contributed by atoms with Crippen LogP contribution >= 0.6 is 0 Å². The lowest BCUT2D eigenvalue weighted by Crippen LogP contribution is -2.14. The molecule has 0 saturated carbocycles. The predicted molar refractivity (Wildman–Crippen MR) is 454 cm³/mol. The Kier molecular flexibility index (Phi) is 21.1. The van der Waals surface area contributed by atoms with E-state index in [1.54, 1.807) is 0 Å². The van der Waals surface area contributed by atoms with Crippen molar-refractivity contribution in [3.8, 4) is 51.2 Å². The summed E-state index contributed by atoms with van der Waals surface area (Å²) in [7, 11) is 0. The van der Waals surface area contributed by atoms with Crippen LogP contribution in [0.1, 0.15) is 132 Å². The zero-order valence-electron chi connectivity index (χ0n) is 64.7. The molecule has 0 aliphatic carbocycles. The summed E-state index contributed by atoms with van der Waals surface area (Å²) in [6.07, 6.45) is 7.64. The van der Waals surface area contributed by atoms with E-state index in [0.29, 0.717) is 0 Å². The van der Waals surface area contributed by atoms with Crippen molar-refractivity contribution in [2.75, 3.05) is 0 Å². The molecule has 8 heterocycles. The van der Waals surface area contributed by atoms with Gasteiger partial charge in [0.2, 0.25) is 0 Å². The van der Waals surface area contributed by atoms with Gasteiger partial charge in [-0.2, -0.15) is 0 Å². The minimum atomic E-state index is -0.0377. The summed E-state index contributed by atoms with van der Waals surface area (Å²) in [5, 5.41) is 7.52. The fraction of sp³-hybridized carbons (Fsp3) is 0.202. The third-order valence-corrected chi connectivity index (χ3v) is 19.8. The first-order chi connectivity index (χ1) is 51.3. The minimum absolute atomic E-state index is 0.0377. The third-order valence-electron chi connectivity index (χ3n) is 19.8. The molecule has 8 heteroatoms. The fourth-order valence-corrected chi connectivity index (χ4v) is 13.6. The Morgan fingerprint density at radius 2 is 0.495 bits per heavy atom. The molecule has 0 spiro atoms. The highest BCUT2D eigenvalue weighted by Crippen LogP contribution is 2.39. The van der Waals surface area contributed by atoms with Gasteiger partial charge < -0.3 is 0 Å². The third kappa shape index (κ3) is 16.5. The quantitative estimate of drug-likeness (QED) is 0.166. The van der Waals surface area contributed by atoms with Crippen LogP contribution in [0.5, 0.6) is 0 Å². The molecule has 0 aliphatic rings. The highest BCUT2D eigenvalue weighted by atomic mass is 15.1. The Balaban J connectivity index is 0.000000125. The summed E-state index contributed by atoms with van der Waals surface area (Å²) in [6, 6.07) is 104. The molecule has 17 rings (SSSR count). The maximum absolute atomic E-state index is 5.36. The molecule has 0 N–H and O–H groups in total. The Morgan fingerprint density at radius 1 is 0.215 bits per heavy atom. The number of para-hydroxylation sites is 6. The minimum Gasteiger partial charge on any atom is -0.294 e. The van der Waals surface area contributed by atoms with Gasteiger partial charge in [0.25, 0.3) is 0 Å². The van der Waals surface area contributed by atoms with Crippen LogP contribution in [0.2, 0.25) is 0 Å². The van der Waals surface area contributed by atoms with Gasteiger partial charge in [0, 0.05) is 73.8 Å². The van der Waals surface area contributed by atoms with Gasteiger partial charge in [-0.25, -0.2) is 15.0 Å². The summed E-state index contributed by atoms with van der Waals surface area (Å²) in [5.41, 5.74) is 20.7. The number of hydrogen-bond donors (Lipinski definition) is 0. The van der Waals surface area contributed by atoms with E-state index in [0.717, 1.165) is 45.7 Å². The molecule has 17 aromatic rings. The SMILES string of the molecule is CC(C)(C)c1cc(-c2ccccc2)nc(-c2ccccc2)c1.CC(C)(C)c1cc(-n2c3ccccc3c3ccccc32)nc(-n2c3ccccc3c3ccccc32)c1.CC(C)(C)c1ccc(-c2ccccc2)nc1.CC(C)(C)c1ccc(-n2c3ccccc3c3ccccc32)nc1.CC(C)(C)c1ccncc1. The van der Waals surface area contributed by atoms with E-state index in [4.69, 9.17) is 15.0 Å². The second-order valence-electron chi connectivity index (χ2n) is 32.7. The average Bonchev–Trinajstić information content (AvgIpc) is 1.59. The molecular formula is C99H98N8. The molecular weight excluding hydrogens is 1300 g/mol. The van der Waals surface area contributed by atoms with Crippen molar-refractivity contribution in [3.63, 3.8) is 0 Å². The monoisotopic (exact) mass is 1400 g/mol. The van der Waals surface area contributed by atoms with E-state index in [9.17, 15) is 0 Å². The van der Waals surface area contributed by atoms with Crippen LogP contribution in [-0.4, -0.2) is 38.6 Å². The van der Waals surface area contributed by atoms with Crippen LogP contribution in [-0.2, 0) is 27.1 Å². The van der Waals surface area contributed by atoms with E-state index in [1.165, 1.54) is 98.8 Å². The van der Waals surface area contributed by atoms with Crippen molar-refractivity contribution in [2.45, 2.75) is 131 Å². The van der Waals surface area contributed by atoms with Crippen molar-refractivity contribution < 1.29 is 0 Å². The number of hydrogen-bond acceptors (Lipinski definition) is 5. The van der Waals surface area contributed by atoms with Crippen LogP contribution in [0.3, 0.4) is 0 Å². The highest BCUT2D eigenvalue weighted by molar-refractivity contribution is 6.11. The van der Waals surface area contributed by atoms with Gasteiger partial charge in [0.05, 0.1) is 50.2 Å². The normalized spacial score (nSPS) is 11.9. The summed E-state index contributed by atoms with van der Waals surface area (Å²) in [5.74, 6) is 2.85. The molecule has 0 bridgehead atoms. The lowest BCUT2D eigenvalue weighted by atomic mass is 9.85. The lowest BCUT2D eigenvalue weighted by molar-refractivity contribution is 0.587. The molecule has 0 saturated heterocycles. The van der Waals surface area contributed by atoms with Crippen molar-refractivity contribution >= 4 is 65.4 Å². The number of nitrogens with zero attached hydrogens (tertiary/aromatic N) is 8. The van der Waals surface area contributed by atoms with Gasteiger partial charge >= 0.3 is 0 Å². The van der Waals surface area contributed by atoms with E-state index < -0.39 is 0 Å². The van der Waals surface area contributed by atoms with E-state index in [-0.39, 0.29) is 27.1 Å². The van der Waals surface area contributed by atoms with Crippen LogP contribution in [0.15, 0.2) is 322 Å². The summed E-state index contributed by atoms with van der Waals surface area (Å²) in [6.45, 7) is 33.4. The molecule has 0 atom stereocenters. The fourth-order valence-electron chi connectivity index (χ4n) is 13.6. The van der Waals surface area contributed by atoms with Gasteiger partial charge in [-0.05, 0) is 140 Å². The molecule has 0 radical (unpaired) electrons. The van der Waals surface area contributed by atoms with Crippen LogP contribution in [0.4, 0.5) is 0 Å². The Hall–Kier alpha value is -11.9. The number of rotatable bonds is 6.